The van der Waals surface area contributed by atoms with Gasteiger partial charge >= 0.3 is 0 Å². The molecule has 0 bridgehead atoms. The van der Waals surface area contributed by atoms with Gasteiger partial charge in [-0.25, -0.2) is 9.37 Å². The monoisotopic (exact) mass is 233 g/mol. The molecule has 0 spiro atoms. The zero-order valence-electron chi connectivity index (χ0n) is 9.26. The Morgan fingerprint density at radius 1 is 1.35 bits per heavy atom. The van der Waals surface area contributed by atoms with E-state index in [2.05, 4.69) is 20.3 Å². The molecule has 2 heterocycles. The second-order valence-corrected chi connectivity index (χ2v) is 3.55. The summed E-state index contributed by atoms with van der Waals surface area (Å²) < 4.78 is 13.4. The number of halogens is 1. The fourth-order valence-corrected chi connectivity index (χ4v) is 1.39. The van der Waals surface area contributed by atoms with Crippen LogP contribution in [0.1, 0.15) is 18.7 Å². The van der Waals surface area contributed by atoms with E-state index in [-0.39, 0.29) is 17.8 Å². The molecule has 0 amide bonds. The van der Waals surface area contributed by atoms with Crippen molar-refractivity contribution in [3.8, 4) is 0 Å². The maximum absolute atomic E-state index is 13.4. The lowest BCUT2D eigenvalue weighted by molar-refractivity contribution is 0.614. The SMILES string of the molecule is CC(Nc1nc(N)ncc1F)c1ccccn1. The van der Waals surface area contributed by atoms with Gasteiger partial charge in [-0.1, -0.05) is 6.07 Å². The van der Waals surface area contributed by atoms with Crippen molar-refractivity contribution in [3.63, 3.8) is 0 Å². The van der Waals surface area contributed by atoms with Crippen LogP contribution in [-0.4, -0.2) is 15.0 Å². The second kappa shape index (κ2) is 4.73. The van der Waals surface area contributed by atoms with Crippen LogP contribution in [0, 0.1) is 5.82 Å². The molecule has 0 aliphatic heterocycles. The van der Waals surface area contributed by atoms with Gasteiger partial charge in [0, 0.05) is 6.20 Å². The van der Waals surface area contributed by atoms with Crippen molar-refractivity contribution < 1.29 is 4.39 Å². The first-order valence-corrected chi connectivity index (χ1v) is 5.12. The summed E-state index contributed by atoms with van der Waals surface area (Å²) in [5.41, 5.74) is 6.19. The standard InChI is InChI=1S/C11H12FN5/c1-7(9-4-2-3-5-14-9)16-10-8(12)6-15-11(13)17-10/h2-7H,1H3,(H3,13,15,16,17). The van der Waals surface area contributed by atoms with Gasteiger partial charge < -0.3 is 11.1 Å². The fourth-order valence-electron chi connectivity index (χ4n) is 1.39. The Labute approximate surface area is 97.9 Å². The maximum Gasteiger partial charge on any atom is 0.222 e. The summed E-state index contributed by atoms with van der Waals surface area (Å²) in [4.78, 5) is 11.5. The molecule has 1 atom stereocenters. The lowest BCUT2D eigenvalue weighted by atomic mass is 10.2. The Bertz CT molecular complexity index is 502. The van der Waals surface area contributed by atoms with Crippen molar-refractivity contribution in [2.24, 2.45) is 0 Å². The third kappa shape index (κ3) is 2.66. The predicted molar refractivity (Wildman–Crippen MR) is 62.7 cm³/mol. The third-order valence-electron chi connectivity index (χ3n) is 2.25. The van der Waals surface area contributed by atoms with Crippen LogP contribution in [0.5, 0.6) is 0 Å². The normalized spacial score (nSPS) is 12.1. The van der Waals surface area contributed by atoms with E-state index in [9.17, 15) is 4.39 Å². The minimum Gasteiger partial charge on any atom is -0.368 e. The van der Waals surface area contributed by atoms with Gasteiger partial charge in [-0.05, 0) is 19.1 Å². The molecule has 17 heavy (non-hydrogen) atoms. The molecule has 0 fully saturated rings. The van der Waals surface area contributed by atoms with Crippen LogP contribution in [0.2, 0.25) is 0 Å². The summed E-state index contributed by atoms with van der Waals surface area (Å²) >= 11 is 0. The molecule has 2 aromatic heterocycles. The first-order valence-electron chi connectivity index (χ1n) is 5.12. The van der Waals surface area contributed by atoms with Gasteiger partial charge in [-0.3, -0.25) is 4.98 Å². The maximum atomic E-state index is 13.4. The van der Waals surface area contributed by atoms with E-state index in [0.29, 0.717) is 0 Å². The van der Waals surface area contributed by atoms with Gasteiger partial charge in [0.25, 0.3) is 0 Å². The number of nitrogens with one attached hydrogen (secondary N) is 1. The minimum atomic E-state index is -0.540. The highest BCUT2D eigenvalue weighted by molar-refractivity contribution is 5.41. The van der Waals surface area contributed by atoms with Crippen molar-refractivity contribution in [1.29, 1.82) is 0 Å². The molecule has 6 heteroatoms. The molecule has 2 aromatic rings. The Morgan fingerprint density at radius 2 is 2.18 bits per heavy atom. The van der Waals surface area contributed by atoms with E-state index in [1.807, 2.05) is 25.1 Å². The van der Waals surface area contributed by atoms with E-state index < -0.39 is 5.82 Å². The van der Waals surface area contributed by atoms with Crippen LogP contribution in [-0.2, 0) is 0 Å². The zero-order chi connectivity index (χ0) is 12.3. The van der Waals surface area contributed by atoms with E-state index in [1.165, 1.54) is 0 Å². The lowest BCUT2D eigenvalue weighted by Gasteiger charge is -2.14. The molecule has 1 unspecified atom stereocenters. The molecule has 0 saturated carbocycles. The van der Waals surface area contributed by atoms with Gasteiger partial charge in [0.05, 0.1) is 17.9 Å². The third-order valence-corrected chi connectivity index (χ3v) is 2.25. The number of pyridine rings is 1. The van der Waals surface area contributed by atoms with Gasteiger partial charge in [-0.15, -0.1) is 0 Å². The molecule has 88 valence electrons. The summed E-state index contributed by atoms with van der Waals surface area (Å²) in [6, 6.07) is 5.37. The van der Waals surface area contributed by atoms with E-state index >= 15 is 0 Å². The van der Waals surface area contributed by atoms with Crippen LogP contribution < -0.4 is 11.1 Å². The van der Waals surface area contributed by atoms with Crippen LogP contribution in [0.15, 0.2) is 30.6 Å². The Balaban J connectivity index is 2.18. The number of nitrogens with two attached hydrogens (primary N) is 1. The van der Waals surface area contributed by atoms with E-state index in [1.54, 1.807) is 6.20 Å². The Hall–Kier alpha value is -2.24. The molecule has 0 saturated heterocycles. The van der Waals surface area contributed by atoms with Gasteiger partial charge in [0.15, 0.2) is 11.6 Å². The summed E-state index contributed by atoms with van der Waals surface area (Å²) in [6.07, 6.45) is 2.72. The number of nitrogen functional groups attached to an aromatic ring is 1. The molecule has 0 radical (unpaired) electrons. The van der Waals surface area contributed by atoms with Gasteiger partial charge in [0.1, 0.15) is 0 Å². The number of anilines is 2. The number of hydrogen-bond donors (Lipinski definition) is 2. The van der Waals surface area contributed by atoms with Crippen LogP contribution >= 0.6 is 0 Å². The van der Waals surface area contributed by atoms with Crippen molar-refractivity contribution in [2.75, 3.05) is 11.1 Å². The summed E-state index contributed by atoms with van der Waals surface area (Å²) in [7, 11) is 0. The van der Waals surface area contributed by atoms with E-state index in [0.717, 1.165) is 11.9 Å². The molecule has 5 nitrogen and oxygen atoms in total. The van der Waals surface area contributed by atoms with Crippen molar-refractivity contribution in [2.45, 2.75) is 13.0 Å². The summed E-state index contributed by atoms with van der Waals surface area (Å²) in [5, 5.41) is 2.90. The largest absolute Gasteiger partial charge is 0.368 e. The van der Waals surface area contributed by atoms with Crippen molar-refractivity contribution >= 4 is 11.8 Å². The quantitative estimate of drug-likeness (QED) is 0.844. The molecular weight excluding hydrogens is 221 g/mol. The molecule has 0 aliphatic rings. The molecule has 2 rings (SSSR count). The fraction of sp³-hybridized carbons (Fsp3) is 0.182. The number of hydrogen-bond acceptors (Lipinski definition) is 5. The zero-order valence-corrected chi connectivity index (χ0v) is 9.26. The van der Waals surface area contributed by atoms with Crippen molar-refractivity contribution in [3.05, 3.63) is 42.1 Å². The highest BCUT2D eigenvalue weighted by Gasteiger charge is 2.11. The number of aromatic nitrogens is 3. The molecule has 3 N–H and O–H groups in total. The second-order valence-electron chi connectivity index (χ2n) is 3.55. The topological polar surface area (TPSA) is 76.7 Å². The van der Waals surface area contributed by atoms with E-state index in [4.69, 9.17) is 5.73 Å². The molecular formula is C11H12FN5. The number of nitrogens with zero attached hydrogens (tertiary/aromatic N) is 3. The lowest BCUT2D eigenvalue weighted by Crippen LogP contribution is -2.12. The van der Waals surface area contributed by atoms with Gasteiger partial charge in [-0.2, -0.15) is 4.98 Å². The highest BCUT2D eigenvalue weighted by atomic mass is 19.1. The van der Waals surface area contributed by atoms with Crippen molar-refractivity contribution in [1.82, 2.24) is 15.0 Å². The molecule has 0 aromatic carbocycles. The smallest absolute Gasteiger partial charge is 0.222 e. The Morgan fingerprint density at radius 3 is 2.88 bits per heavy atom. The van der Waals surface area contributed by atoms with Crippen LogP contribution in [0.25, 0.3) is 0 Å². The molecule has 0 aliphatic carbocycles. The number of rotatable bonds is 3. The first-order chi connectivity index (χ1) is 8.16. The average molecular weight is 233 g/mol. The van der Waals surface area contributed by atoms with Crippen LogP contribution in [0.3, 0.4) is 0 Å². The Kier molecular flexibility index (Phi) is 3.13. The minimum absolute atomic E-state index is 0.0297. The predicted octanol–water partition coefficient (Wildman–Crippen LogP) is 1.77. The summed E-state index contributed by atoms with van der Waals surface area (Å²) in [5.74, 6) is -0.431. The van der Waals surface area contributed by atoms with Crippen LogP contribution in [0.4, 0.5) is 16.2 Å². The van der Waals surface area contributed by atoms with Gasteiger partial charge in [0.2, 0.25) is 5.95 Å². The summed E-state index contributed by atoms with van der Waals surface area (Å²) in [6.45, 7) is 1.86. The average Bonchev–Trinajstić information content (AvgIpc) is 2.35. The first kappa shape index (κ1) is 11.3. The highest BCUT2D eigenvalue weighted by Crippen LogP contribution is 2.18.